The summed E-state index contributed by atoms with van der Waals surface area (Å²) in [5.41, 5.74) is 2.77. The molecule has 1 aromatic carbocycles. The van der Waals surface area contributed by atoms with E-state index in [0.717, 1.165) is 42.5 Å². The standard InChI is InChI=1S/C29H40N4O6/c1-36-24-11-13-30-23(29(24)39-4)18-33-21-8-9-22(33)17-32-26(34)10-7-19-14-20(6-5-12-31-27(35)16-21)28(38-3)25(15-19)37-2/h11,13-15,21-22H,5-10,12,16-18H2,1-4H3,(H,31,35)(H,32,34)/t21-,22+/m0/s1. The smallest absolute Gasteiger partial charge is 0.221 e. The van der Waals surface area contributed by atoms with Gasteiger partial charge in [0, 0.05) is 56.8 Å². The van der Waals surface area contributed by atoms with E-state index < -0.39 is 0 Å². The molecule has 4 bridgehead atoms. The number of aromatic nitrogens is 1. The zero-order valence-electron chi connectivity index (χ0n) is 23.4. The Morgan fingerprint density at radius 3 is 2.38 bits per heavy atom. The van der Waals surface area contributed by atoms with Crippen LogP contribution in [-0.2, 0) is 29.0 Å². The van der Waals surface area contributed by atoms with Gasteiger partial charge in [-0.25, -0.2) is 0 Å². The third-order valence-electron chi connectivity index (χ3n) is 7.63. The minimum Gasteiger partial charge on any atom is -0.493 e. The third-order valence-corrected chi connectivity index (χ3v) is 7.63. The van der Waals surface area contributed by atoms with E-state index in [2.05, 4.69) is 26.6 Å². The van der Waals surface area contributed by atoms with E-state index in [1.165, 1.54) is 0 Å². The van der Waals surface area contributed by atoms with Gasteiger partial charge in [-0.2, -0.15) is 0 Å². The molecule has 2 atom stereocenters. The van der Waals surface area contributed by atoms with Gasteiger partial charge < -0.3 is 29.6 Å². The minimum absolute atomic E-state index is 0.00567. The Kier molecular flexibility index (Phi) is 9.86. The molecule has 2 amide bonds. The van der Waals surface area contributed by atoms with Gasteiger partial charge >= 0.3 is 0 Å². The van der Waals surface area contributed by atoms with Crippen molar-refractivity contribution in [2.45, 2.75) is 63.6 Å². The van der Waals surface area contributed by atoms with E-state index in [9.17, 15) is 9.59 Å². The summed E-state index contributed by atoms with van der Waals surface area (Å²) in [6, 6.07) is 5.88. The van der Waals surface area contributed by atoms with Crippen LogP contribution in [0.25, 0.3) is 0 Å². The SMILES string of the molecule is COc1cc2cc(c1OC)CCCNC(=O)C[C@@H]1CC[C@H](CNC(=O)CC2)N1Cc1nccc(OC)c1OC. The fourth-order valence-corrected chi connectivity index (χ4v) is 5.65. The molecule has 39 heavy (non-hydrogen) atoms. The summed E-state index contributed by atoms with van der Waals surface area (Å²) in [6.45, 7) is 1.56. The summed E-state index contributed by atoms with van der Waals surface area (Å²) in [7, 11) is 6.44. The van der Waals surface area contributed by atoms with Crippen molar-refractivity contribution >= 4 is 11.8 Å². The van der Waals surface area contributed by atoms with Crippen molar-refractivity contribution in [3.05, 3.63) is 41.2 Å². The monoisotopic (exact) mass is 540 g/mol. The molecule has 0 radical (unpaired) electrons. The lowest BCUT2D eigenvalue weighted by molar-refractivity contribution is -0.123. The van der Waals surface area contributed by atoms with Crippen molar-refractivity contribution < 1.29 is 28.5 Å². The molecule has 4 rings (SSSR count). The molecule has 2 N–H and O–H groups in total. The molecule has 0 aliphatic carbocycles. The number of rotatable bonds is 6. The number of nitrogens with one attached hydrogen (secondary N) is 2. The molecular formula is C29H40N4O6. The molecule has 2 aromatic rings. The first-order valence-electron chi connectivity index (χ1n) is 13.6. The van der Waals surface area contributed by atoms with Crippen molar-refractivity contribution in [3.63, 3.8) is 0 Å². The Morgan fingerprint density at radius 1 is 0.872 bits per heavy atom. The van der Waals surface area contributed by atoms with Gasteiger partial charge in [0.25, 0.3) is 0 Å². The fourth-order valence-electron chi connectivity index (χ4n) is 5.65. The highest BCUT2D eigenvalue weighted by atomic mass is 16.5. The molecule has 2 aliphatic heterocycles. The molecule has 1 saturated heterocycles. The third kappa shape index (κ3) is 6.92. The molecule has 1 fully saturated rings. The number of fused-ring (bicyclic) bond motifs is 4. The summed E-state index contributed by atoms with van der Waals surface area (Å²) < 4.78 is 22.3. The first kappa shape index (κ1) is 28.5. The van der Waals surface area contributed by atoms with Gasteiger partial charge in [-0.05, 0) is 49.3 Å². The Hall–Kier alpha value is -3.53. The summed E-state index contributed by atoms with van der Waals surface area (Å²) >= 11 is 0. The van der Waals surface area contributed by atoms with Crippen LogP contribution in [0, 0.1) is 0 Å². The quantitative estimate of drug-likeness (QED) is 0.576. The van der Waals surface area contributed by atoms with Gasteiger partial charge in [0.1, 0.15) is 5.69 Å². The van der Waals surface area contributed by atoms with E-state index in [-0.39, 0.29) is 23.9 Å². The highest BCUT2D eigenvalue weighted by Gasteiger charge is 2.36. The normalized spacial score (nSPS) is 20.9. The number of ether oxygens (including phenoxy) is 4. The lowest BCUT2D eigenvalue weighted by Crippen LogP contribution is -2.44. The average Bonchev–Trinajstić information content (AvgIpc) is 3.32. The number of methoxy groups -OCH3 is 4. The number of hydrogen-bond acceptors (Lipinski definition) is 8. The molecule has 0 spiro atoms. The maximum absolute atomic E-state index is 13.0. The van der Waals surface area contributed by atoms with Crippen LogP contribution >= 0.6 is 0 Å². The predicted octanol–water partition coefficient (Wildman–Crippen LogP) is 2.65. The van der Waals surface area contributed by atoms with Gasteiger partial charge in [-0.1, -0.05) is 6.07 Å². The number of amides is 2. The van der Waals surface area contributed by atoms with Crippen molar-refractivity contribution in [2.75, 3.05) is 41.5 Å². The molecule has 212 valence electrons. The Morgan fingerprint density at radius 2 is 1.64 bits per heavy atom. The maximum Gasteiger partial charge on any atom is 0.221 e. The molecule has 1 aromatic heterocycles. The largest absolute Gasteiger partial charge is 0.493 e. The van der Waals surface area contributed by atoms with Gasteiger partial charge in [-0.15, -0.1) is 0 Å². The van der Waals surface area contributed by atoms with Crippen molar-refractivity contribution in [3.8, 4) is 23.0 Å². The number of pyridine rings is 1. The van der Waals surface area contributed by atoms with Crippen molar-refractivity contribution in [1.82, 2.24) is 20.5 Å². The van der Waals surface area contributed by atoms with Gasteiger partial charge in [0.15, 0.2) is 23.0 Å². The van der Waals surface area contributed by atoms with Crippen molar-refractivity contribution in [1.29, 1.82) is 0 Å². The number of aryl methyl sites for hydroxylation is 2. The van der Waals surface area contributed by atoms with E-state index in [4.69, 9.17) is 18.9 Å². The number of carbonyl (C=O) groups is 2. The zero-order valence-corrected chi connectivity index (χ0v) is 23.4. The van der Waals surface area contributed by atoms with E-state index in [0.29, 0.717) is 61.9 Å². The topological polar surface area (TPSA) is 111 Å². The number of hydrogen-bond donors (Lipinski definition) is 2. The molecule has 10 heteroatoms. The summed E-state index contributed by atoms with van der Waals surface area (Å²) in [4.78, 5) is 32.7. The molecule has 3 heterocycles. The maximum atomic E-state index is 13.0. The van der Waals surface area contributed by atoms with Crippen LogP contribution in [0.5, 0.6) is 23.0 Å². The Bertz CT molecular complexity index is 1160. The Balaban J connectivity index is 1.55. The van der Waals surface area contributed by atoms with Crippen LogP contribution in [0.1, 0.15) is 48.9 Å². The van der Waals surface area contributed by atoms with Gasteiger partial charge in [0.05, 0.1) is 28.4 Å². The van der Waals surface area contributed by atoms with Crippen LogP contribution in [0.3, 0.4) is 0 Å². The first-order valence-corrected chi connectivity index (χ1v) is 13.6. The molecule has 2 aliphatic rings. The summed E-state index contributed by atoms with van der Waals surface area (Å²) in [6.07, 6.45) is 6.27. The molecule has 10 nitrogen and oxygen atoms in total. The second-order valence-corrected chi connectivity index (χ2v) is 10.0. The van der Waals surface area contributed by atoms with Crippen LogP contribution in [0.15, 0.2) is 24.4 Å². The number of benzene rings is 1. The van der Waals surface area contributed by atoms with E-state index >= 15 is 0 Å². The lowest BCUT2D eigenvalue weighted by atomic mass is 10.0. The van der Waals surface area contributed by atoms with E-state index in [1.54, 1.807) is 40.7 Å². The second-order valence-electron chi connectivity index (χ2n) is 10.0. The van der Waals surface area contributed by atoms with Crippen LogP contribution in [0.4, 0.5) is 0 Å². The Labute approximate surface area is 230 Å². The summed E-state index contributed by atoms with van der Waals surface area (Å²) in [5.74, 6) is 2.57. The number of nitrogens with zero attached hydrogens (tertiary/aromatic N) is 2. The minimum atomic E-state index is -0.00567. The number of carbonyl (C=O) groups excluding carboxylic acids is 2. The predicted molar refractivity (Wildman–Crippen MR) is 147 cm³/mol. The molecule has 0 saturated carbocycles. The zero-order chi connectivity index (χ0) is 27.8. The lowest BCUT2D eigenvalue weighted by Gasteiger charge is -2.30. The molecule has 0 unspecified atom stereocenters. The van der Waals surface area contributed by atoms with Gasteiger partial charge in [0.2, 0.25) is 11.8 Å². The molecular weight excluding hydrogens is 500 g/mol. The van der Waals surface area contributed by atoms with Gasteiger partial charge in [-0.3, -0.25) is 19.5 Å². The average molecular weight is 541 g/mol. The van der Waals surface area contributed by atoms with Crippen LogP contribution in [0.2, 0.25) is 0 Å². The highest BCUT2D eigenvalue weighted by Crippen LogP contribution is 2.35. The fraction of sp³-hybridized carbons (Fsp3) is 0.552. The summed E-state index contributed by atoms with van der Waals surface area (Å²) in [5, 5.41) is 6.23. The first-order chi connectivity index (χ1) is 19.0. The van der Waals surface area contributed by atoms with E-state index in [1.807, 2.05) is 6.07 Å². The highest BCUT2D eigenvalue weighted by molar-refractivity contribution is 5.77. The van der Waals surface area contributed by atoms with Crippen LogP contribution in [-0.4, -0.2) is 75.3 Å². The van der Waals surface area contributed by atoms with Crippen LogP contribution < -0.4 is 29.6 Å². The second kappa shape index (κ2) is 13.5. The van der Waals surface area contributed by atoms with Crippen molar-refractivity contribution in [2.24, 2.45) is 0 Å².